The zero-order chi connectivity index (χ0) is 21.5. The van der Waals surface area contributed by atoms with Crippen LogP contribution < -0.4 is 5.32 Å². The zero-order valence-corrected chi connectivity index (χ0v) is 19.0. The van der Waals surface area contributed by atoms with Crippen molar-refractivity contribution in [3.63, 3.8) is 0 Å². The van der Waals surface area contributed by atoms with Gasteiger partial charge >= 0.3 is 0 Å². The Morgan fingerprint density at radius 1 is 1.00 bits per heavy atom. The van der Waals surface area contributed by atoms with E-state index in [9.17, 15) is 9.59 Å². The SMILES string of the molecule is CC(C)NC(=O)CN1CCN(C(=O)c2ccc(CSc3ccc(Cl)cc3)cc2)CC1. The summed E-state index contributed by atoms with van der Waals surface area (Å²) in [7, 11) is 0. The average Bonchev–Trinajstić information content (AvgIpc) is 2.73. The molecule has 0 radical (unpaired) electrons. The molecule has 0 aromatic heterocycles. The van der Waals surface area contributed by atoms with Crippen LogP contribution in [0.4, 0.5) is 0 Å². The smallest absolute Gasteiger partial charge is 0.253 e. The molecule has 1 saturated heterocycles. The summed E-state index contributed by atoms with van der Waals surface area (Å²) in [5, 5.41) is 3.65. The molecule has 30 heavy (non-hydrogen) atoms. The van der Waals surface area contributed by atoms with Crippen molar-refractivity contribution >= 4 is 35.2 Å². The lowest BCUT2D eigenvalue weighted by Gasteiger charge is -2.34. The fourth-order valence-electron chi connectivity index (χ4n) is 3.30. The van der Waals surface area contributed by atoms with Gasteiger partial charge in [0.2, 0.25) is 5.91 Å². The minimum absolute atomic E-state index is 0.0387. The van der Waals surface area contributed by atoms with Gasteiger partial charge in [-0.25, -0.2) is 0 Å². The highest BCUT2D eigenvalue weighted by Crippen LogP contribution is 2.24. The number of hydrogen-bond donors (Lipinski definition) is 1. The predicted molar refractivity (Wildman–Crippen MR) is 123 cm³/mol. The fourth-order valence-corrected chi connectivity index (χ4v) is 4.28. The lowest BCUT2D eigenvalue weighted by Crippen LogP contribution is -2.51. The molecule has 5 nitrogen and oxygen atoms in total. The van der Waals surface area contributed by atoms with Gasteiger partial charge in [0, 0.05) is 53.5 Å². The lowest BCUT2D eigenvalue weighted by molar-refractivity contribution is -0.123. The maximum absolute atomic E-state index is 12.8. The monoisotopic (exact) mass is 445 g/mol. The number of thioether (sulfide) groups is 1. The van der Waals surface area contributed by atoms with E-state index in [4.69, 9.17) is 11.6 Å². The summed E-state index contributed by atoms with van der Waals surface area (Å²) in [6.45, 7) is 7.01. The molecular weight excluding hydrogens is 418 g/mol. The van der Waals surface area contributed by atoms with Crippen LogP contribution in [0.25, 0.3) is 0 Å². The molecular formula is C23H28ClN3O2S. The van der Waals surface area contributed by atoms with Crippen LogP contribution >= 0.6 is 23.4 Å². The molecule has 160 valence electrons. The van der Waals surface area contributed by atoms with Crippen LogP contribution in [0.15, 0.2) is 53.4 Å². The molecule has 2 amide bonds. The Morgan fingerprint density at radius 3 is 2.23 bits per heavy atom. The standard InChI is InChI=1S/C23H28ClN3O2S/c1-17(2)25-22(28)15-26-11-13-27(14-12-26)23(29)19-5-3-18(4-6-19)16-30-21-9-7-20(24)8-10-21/h3-10,17H,11-16H2,1-2H3,(H,25,28). The highest BCUT2D eigenvalue weighted by molar-refractivity contribution is 7.98. The average molecular weight is 446 g/mol. The van der Waals surface area contributed by atoms with Gasteiger partial charge in [0.15, 0.2) is 0 Å². The Balaban J connectivity index is 1.46. The normalized spacial score (nSPS) is 14.7. The van der Waals surface area contributed by atoms with Crippen LogP contribution in [-0.4, -0.2) is 60.4 Å². The predicted octanol–water partition coefficient (Wildman–Crippen LogP) is 3.91. The fraction of sp³-hybridized carbons (Fsp3) is 0.391. The number of carbonyl (C=O) groups excluding carboxylic acids is 2. The topological polar surface area (TPSA) is 52.7 Å². The second-order valence-corrected chi connectivity index (χ2v) is 9.22. The molecule has 2 aromatic rings. The number of amides is 2. The molecule has 0 bridgehead atoms. The van der Waals surface area contributed by atoms with E-state index in [0.717, 1.165) is 10.8 Å². The van der Waals surface area contributed by atoms with Gasteiger partial charge in [-0.05, 0) is 55.8 Å². The molecule has 2 aromatic carbocycles. The summed E-state index contributed by atoms with van der Waals surface area (Å²) in [5.74, 6) is 0.933. The van der Waals surface area contributed by atoms with Crippen molar-refractivity contribution in [3.05, 3.63) is 64.7 Å². The Labute approximate surface area is 187 Å². The first-order chi connectivity index (χ1) is 14.4. The van der Waals surface area contributed by atoms with Crippen LogP contribution in [-0.2, 0) is 10.5 Å². The van der Waals surface area contributed by atoms with E-state index in [1.807, 2.05) is 67.3 Å². The van der Waals surface area contributed by atoms with E-state index in [1.165, 1.54) is 10.5 Å². The summed E-state index contributed by atoms with van der Waals surface area (Å²) in [4.78, 5) is 29.8. The molecule has 1 heterocycles. The van der Waals surface area contributed by atoms with E-state index in [2.05, 4.69) is 10.2 Å². The van der Waals surface area contributed by atoms with Crippen LogP contribution in [0.2, 0.25) is 5.02 Å². The van der Waals surface area contributed by atoms with Gasteiger partial charge in [-0.1, -0.05) is 23.7 Å². The third-order valence-electron chi connectivity index (χ3n) is 4.90. The third kappa shape index (κ3) is 6.76. The van der Waals surface area contributed by atoms with Crippen molar-refractivity contribution in [1.29, 1.82) is 0 Å². The number of halogens is 1. The molecule has 1 fully saturated rings. The summed E-state index contributed by atoms with van der Waals surface area (Å²) in [5.41, 5.74) is 1.88. The summed E-state index contributed by atoms with van der Waals surface area (Å²) in [6.07, 6.45) is 0. The Kier molecular flexibility index (Phi) is 8.19. The number of hydrogen-bond acceptors (Lipinski definition) is 4. The highest BCUT2D eigenvalue weighted by atomic mass is 35.5. The lowest BCUT2D eigenvalue weighted by atomic mass is 10.1. The highest BCUT2D eigenvalue weighted by Gasteiger charge is 2.23. The minimum Gasteiger partial charge on any atom is -0.353 e. The van der Waals surface area contributed by atoms with Gasteiger partial charge in [-0.2, -0.15) is 0 Å². The van der Waals surface area contributed by atoms with Crippen molar-refractivity contribution < 1.29 is 9.59 Å². The molecule has 0 unspecified atom stereocenters. The van der Waals surface area contributed by atoms with Crippen LogP contribution in [0.5, 0.6) is 0 Å². The van der Waals surface area contributed by atoms with Crippen LogP contribution in [0.1, 0.15) is 29.8 Å². The number of piperazine rings is 1. The molecule has 0 aliphatic carbocycles. The number of benzene rings is 2. The van der Waals surface area contributed by atoms with Gasteiger partial charge in [0.05, 0.1) is 6.54 Å². The molecule has 0 atom stereocenters. The van der Waals surface area contributed by atoms with E-state index in [0.29, 0.717) is 38.3 Å². The molecule has 1 N–H and O–H groups in total. The van der Waals surface area contributed by atoms with Gasteiger partial charge in [0.1, 0.15) is 0 Å². The third-order valence-corrected chi connectivity index (χ3v) is 6.23. The first-order valence-electron chi connectivity index (χ1n) is 10.2. The largest absolute Gasteiger partial charge is 0.353 e. The molecule has 0 saturated carbocycles. The van der Waals surface area contributed by atoms with E-state index in [1.54, 1.807) is 11.8 Å². The first-order valence-corrected chi connectivity index (χ1v) is 11.6. The van der Waals surface area contributed by atoms with Crippen LogP contribution in [0.3, 0.4) is 0 Å². The minimum atomic E-state index is 0.0387. The van der Waals surface area contributed by atoms with Gasteiger partial charge in [-0.15, -0.1) is 11.8 Å². The van der Waals surface area contributed by atoms with Gasteiger partial charge < -0.3 is 10.2 Å². The first kappa shape index (κ1) is 22.7. The van der Waals surface area contributed by atoms with Gasteiger partial charge in [0.25, 0.3) is 5.91 Å². The van der Waals surface area contributed by atoms with Crippen molar-refractivity contribution in [3.8, 4) is 0 Å². The van der Waals surface area contributed by atoms with E-state index < -0.39 is 0 Å². The van der Waals surface area contributed by atoms with Crippen molar-refractivity contribution in [1.82, 2.24) is 15.1 Å². The number of nitrogens with zero attached hydrogens (tertiary/aromatic N) is 2. The van der Waals surface area contributed by atoms with Crippen molar-refractivity contribution in [2.75, 3.05) is 32.7 Å². The molecule has 7 heteroatoms. The Hall–Kier alpha value is -2.02. The molecule has 1 aliphatic heterocycles. The summed E-state index contributed by atoms with van der Waals surface area (Å²) < 4.78 is 0. The van der Waals surface area contributed by atoms with Gasteiger partial charge in [-0.3, -0.25) is 14.5 Å². The number of carbonyl (C=O) groups is 2. The van der Waals surface area contributed by atoms with E-state index >= 15 is 0 Å². The maximum Gasteiger partial charge on any atom is 0.253 e. The maximum atomic E-state index is 12.8. The summed E-state index contributed by atoms with van der Waals surface area (Å²) in [6, 6.07) is 15.8. The number of rotatable bonds is 7. The Bertz CT molecular complexity index is 848. The molecule has 3 rings (SSSR count). The van der Waals surface area contributed by atoms with Crippen molar-refractivity contribution in [2.24, 2.45) is 0 Å². The zero-order valence-electron chi connectivity index (χ0n) is 17.4. The molecule has 0 spiro atoms. The molecule has 1 aliphatic rings. The summed E-state index contributed by atoms with van der Waals surface area (Å²) >= 11 is 7.66. The van der Waals surface area contributed by atoms with E-state index in [-0.39, 0.29) is 17.9 Å². The van der Waals surface area contributed by atoms with Crippen molar-refractivity contribution in [2.45, 2.75) is 30.5 Å². The van der Waals surface area contributed by atoms with Crippen LogP contribution in [0, 0.1) is 0 Å². The quantitative estimate of drug-likeness (QED) is 0.656. The second kappa shape index (κ2) is 10.8. The number of nitrogens with one attached hydrogen (secondary N) is 1. The second-order valence-electron chi connectivity index (χ2n) is 7.73. The Morgan fingerprint density at radius 2 is 1.63 bits per heavy atom.